The molecule has 0 unspecified atom stereocenters. The second kappa shape index (κ2) is 8.07. The van der Waals surface area contributed by atoms with Gasteiger partial charge in [-0.3, -0.25) is 9.10 Å². The van der Waals surface area contributed by atoms with Crippen molar-refractivity contribution in [1.82, 2.24) is 0 Å². The van der Waals surface area contributed by atoms with E-state index in [-0.39, 0.29) is 5.69 Å². The maximum Gasteiger partial charge on any atom is 0.417 e. The largest absolute Gasteiger partial charge is 0.417 e. The predicted octanol–water partition coefficient (Wildman–Crippen LogP) is 4.53. The number of rotatable bonds is 5. The molecule has 146 valence electrons. The summed E-state index contributed by atoms with van der Waals surface area (Å²) < 4.78 is 64.5. The molecule has 2 rings (SSSR count). The molecule has 0 bridgehead atoms. The van der Waals surface area contributed by atoms with Gasteiger partial charge in [0.2, 0.25) is 15.9 Å². The van der Waals surface area contributed by atoms with Gasteiger partial charge >= 0.3 is 6.18 Å². The van der Waals surface area contributed by atoms with E-state index in [0.717, 1.165) is 18.4 Å². The first-order chi connectivity index (χ1) is 12.4. The number of sulfonamides is 1. The topological polar surface area (TPSA) is 66.5 Å². The van der Waals surface area contributed by atoms with Gasteiger partial charge in [-0.25, -0.2) is 8.42 Å². The van der Waals surface area contributed by atoms with Crippen LogP contribution < -0.4 is 9.62 Å². The molecule has 0 saturated carbocycles. The highest BCUT2D eigenvalue weighted by molar-refractivity contribution is 9.10. The van der Waals surface area contributed by atoms with E-state index in [4.69, 9.17) is 11.6 Å². The summed E-state index contributed by atoms with van der Waals surface area (Å²) in [6, 6.07) is 9.18. The number of carbonyl (C=O) groups excluding carboxylic acids is 1. The van der Waals surface area contributed by atoms with Gasteiger partial charge in [0.1, 0.15) is 6.54 Å². The lowest BCUT2D eigenvalue weighted by atomic mass is 10.2. The molecule has 1 amide bonds. The third-order valence-corrected chi connectivity index (χ3v) is 5.30. The zero-order valence-corrected chi connectivity index (χ0v) is 16.9. The SMILES string of the molecule is CS(=O)(=O)N(CC(=O)Nc1cccc(Br)c1)c1ccc(Cl)c(C(F)(F)F)c1. The fourth-order valence-electron chi connectivity index (χ4n) is 2.18. The van der Waals surface area contributed by atoms with Gasteiger partial charge < -0.3 is 5.32 Å². The van der Waals surface area contributed by atoms with E-state index < -0.39 is 39.2 Å². The Morgan fingerprint density at radius 2 is 1.89 bits per heavy atom. The molecule has 1 N–H and O–H groups in total. The summed E-state index contributed by atoms with van der Waals surface area (Å²) in [4.78, 5) is 12.2. The molecule has 27 heavy (non-hydrogen) atoms. The summed E-state index contributed by atoms with van der Waals surface area (Å²) in [6.07, 6.45) is -3.98. The number of hydrogen-bond donors (Lipinski definition) is 1. The van der Waals surface area contributed by atoms with Gasteiger partial charge in [0, 0.05) is 10.2 Å². The monoisotopic (exact) mass is 484 g/mol. The number of anilines is 2. The Hall–Kier alpha value is -1.78. The number of nitrogens with zero attached hydrogens (tertiary/aromatic N) is 1. The average Bonchev–Trinajstić information content (AvgIpc) is 2.51. The van der Waals surface area contributed by atoms with Crippen LogP contribution in [0.4, 0.5) is 24.5 Å². The fourth-order valence-corrected chi connectivity index (χ4v) is 3.66. The lowest BCUT2D eigenvalue weighted by Gasteiger charge is -2.23. The minimum Gasteiger partial charge on any atom is -0.324 e. The second-order valence-corrected chi connectivity index (χ2v) is 8.72. The number of amides is 1. The van der Waals surface area contributed by atoms with Gasteiger partial charge in [-0.05, 0) is 36.4 Å². The Balaban J connectivity index is 2.33. The molecule has 0 saturated heterocycles. The fraction of sp³-hybridized carbons (Fsp3) is 0.188. The van der Waals surface area contributed by atoms with Crippen LogP contribution in [0.1, 0.15) is 5.56 Å². The minimum absolute atomic E-state index is 0.321. The molecule has 2 aromatic rings. The molecule has 11 heteroatoms. The van der Waals surface area contributed by atoms with Crippen LogP contribution in [0, 0.1) is 0 Å². The molecule has 0 aromatic heterocycles. The van der Waals surface area contributed by atoms with Crippen molar-refractivity contribution >= 4 is 54.8 Å². The molecule has 0 aliphatic rings. The standard InChI is InChI=1S/C16H13BrClF3N2O3S/c1-27(25,26)23(9-15(24)22-11-4-2-3-10(17)7-11)12-5-6-14(18)13(8-12)16(19,20)21/h2-8H,9H2,1H3,(H,22,24). The predicted molar refractivity (Wildman–Crippen MR) is 101 cm³/mol. The van der Waals surface area contributed by atoms with Crippen LogP contribution in [0.25, 0.3) is 0 Å². The van der Waals surface area contributed by atoms with Crippen molar-refractivity contribution < 1.29 is 26.4 Å². The Morgan fingerprint density at radius 3 is 2.44 bits per heavy atom. The molecule has 0 atom stereocenters. The smallest absolute Gasteiger partial charge is 0.324 e. The van der Waals surface area contributed by atoms with Crippen molar-refractivity contribution in [3.63, 3.8) is 0 Å². The average molecular weight is 486 g/mol. The molecule has 0 aliphatic heterocycles. The molecular formula is C16H13BrClF3N2O3S. The van der Waals surface area contributed by atoms with Gasteiger partial charge in [0.05, 0.1) is 22.5 Å². The number of hydrogen-bond acceptors (Lipinski definition) is 3. The number of benzene rings is 2. The molecule has 0 aliphatic carbocycles. The van der Waals surface area contributed by atoms with Crippen molar-refractivity contribution in [2.75, 3.05) is 22.4 Å². The summed E-state index contributed by atoms with van der Waals surface area (Å²) >= 11 is 8.78. The molecule has 2 aromatic carbocycles. The van der Waals surface area contributed by atoms with E-state index in [1.54, 1.807) is 24.3 Å². The molecule has 5 nitrogen and oxygen atoms in total. The molecule has 0 heterocycles. The summed E-state index contributed by atoms with van der Waals surface area (Å²) in [5.74, 6) is -0.720. The van der Waals surface area contributed by atoms with E-state index in [9.17, 15) is 26.4 Å². The first-order valence-electron chi connectivity index (χ1n) is 7.28. The van der Waals surface area contributed by atoms with Gasteiger partial charge in [-0.2, -0.15) is 13.2 Å². The Morgan fingerprint density at radius 1 is 1.22 bits per heavy atom. The van der Waals surface area contributed by atoms with E-state index in [1.165, 1.54) is 0 Å². The van der Waals surface area contributed by atoms with E-state index in [1.807, 2.05) is 0 Å². The number of halogens is 5. The van der Waals surface area contributed by atoms with Crippen molar-refractivity contribution in [2.24, 2.45) is 0 Å². The van der Waals surface area contributed by atoms with Gasteiger partial charge in [0.15, 0.2) is 0 Å². The van der Waals surface area contributed by atoms with E-state index in [0.29, 0.717) is 20.5 Å². The Kier molecular flexibility index (Phi) is 6.43. The zero-order valence-electron chi connectivity index (χ0n) is 13.7. The maximum atomic E-state index is 13.0. The van der Waals surface area contributed by atoms with Crippen LogP contribution in [0.5, 0.6) is 0 Å². The van der Waals surface area contributed by atoms with Gasteiger partial charge in [0.25, 0.3) is 0 Å². The van der Waals surface area contributed by atoms with Crippen LogP contribution >= 0.6 is 27.5 Å². The Labute approximate surface area is 167 Å². The van der Waals surface area contributed by atoms with Gasteiger partial charge in [-0.1, -0.05) is 33.6 Å². The first-order valence-corrected chi connectivity index (χ1v) is 10.3. The summed E-state index contributed by atoms with van der Waals surface area (Å²) in [7, 11) is -4.04. The number of carbonyl (C=O) groups is 1. The summed E-state index contributed by atoms with van der Waals surface area (Å²) in [6.45, 7) is -0.704. The summed E-state index contributed by atoms with van der Waals surface area (Å²) in [5, 5.41) is 1.92. The lowest BCUT2D eigenvalue weighted by Crippen LogP contribution is -2.37. The molecule has 0 radical (unpaired) electrons. The van der Waals surface area contributed by atoms with E-state index >= 15 is 0 Å². The van der Waals surface area contributed by atoms with Crippen LogP contribution in [-0.2, 0) is 21.0 Å². The zero-order chi connectivity index (χ0) is 20.4. The van der Waals surface area contributed by atoms with Crippen molar-refractivity contribution in [3.8, 4) is 0 Å². The number of alkyl halides is 3. The van der Waals surface area contributed by atoms with Crippen molar-refractivity contribution in [1.29, 1.82) is 0 Å². The first kappa shape index (κ1) is 21.5. The highest BCUT2D eigenvalue weighted by Crippen LogP contribution is 2.37. The maximum absolute atomic E-state index is 13.0. The quantitative estimate of drug-likeness (QED) is 0.677. The third kappa shape index (κ3) is 5.85. The molecular weight excluding hydrogens is 473 g/mol. The van der Waals surface area contributed by atoms with Crippen molar-refractivity contribution in [3.05, 3.63) is 57.5 Å². The lowest BCUT2D eigenvalue weighted by molar-refractivity contribution is -0.137. The highest BCUT2D eigenvalue weighted by Gasteiger charge is 2.34. The minimum atomic E-state index is -4.77. The molecule has 0 fully saturated rings. The van der Waals surface area contributed by atoms with Crippen LogP contribution in [-0.4, -0.2) is 27.1 Å². The van der Waals surface area contributed by atoms with Crippen molar-refractivity contribution in [2.45, 2.75) is 6.18 Å². The number of nitrogens with one attached hydrogen (secondary N) is 1. The van der Waals surface area contributed by atoms with Crippen LogP contribution in [0.2, 0.25) is 5.02 Å². The molecule has 0 spiro atoms. The normalized spacial score (nSPS) is 11.9. The highest BCUT2D eigenvalue weighted by atomic mass is 79.9. The summed E-state index contributed by atoms with van der Waals surface area (Å²) in [5.41, 5.74) is -1.11. The third-order valence-electron chi connectivity index (χ3n) is 3.34. The van der Waals surface area contributed by atoms with Gasteiger partial charge in [-0.15, -0.1) is 0 Å². The Bertz CT molecular complexity index is 968. The van der Waals surface area contributed by atoms with E-state index in [2.05, 4.69) is 21.2 Å². The van der Waals surface area contributed by atoms with Crippen LogP contribution in [0.15, 0.2) is 46.9 Å². The van der Waals surface area contributed by atoms with Crippen LogP contribution in [0.3, 0.4) is 0 Å². The second-order valence-electron chi connectivity index (χ2n) is 5.49.